The van der Waals surface area contributed by atoms with Crippen molar-refractivity contribution in [2.24, 2.45) is 10.1 Å². The summed E-state index contributed by atoms with van der Waals surface area (Å²) in [7, 11) is 4.03. The highest BCUT2D eigenvalue weighted by atomic mass is 32.2. The summed E-state index contributed by atoms with van der Waals surface area (Å²) in [6.07, 6.45) is 1.82. The molecule has 6 nitrogen and oxygen atoms in total. The normalized spacial score (nSPS) is 17.7. The number of nitrogens with one attached hydrogen (secondary N) is 1. The van der Waals surface area contributed by atoms with Gasteiger partial charge >= 0.3 is 0 Å². The van der Waals surface area contributed by atoms with E-state index in [9.17, 15) is 4.79 Å². The molecular weight excluding hydrogens is 382 g/mol. The molecule has 1 unspecified atom stereocenters. The number of thioether (sulfide) groups is 1. The van der Waals surface area contributed by atoms with Gasteiger partial charge in [0.25, 0.3) is 5.91 Å². The molecule has 2 aliphatic rings. The van der Waals surface area contributed by atoms with Crippen LogP contribution in [0.5, 0.6) is 0 Å². The van der Waals surface area contributed by atoms with Crippen molar-refractivity contribution in [3.63, 3.8) is 0 Å². The average Bonchev–Trinajstić information content (AvgIpc) is 2.73. The number of fused-ring (bicyclic) bond motifs is 2. The van der Waals surface area contributed by atoms with E-state index in [1.807, 2.05) is 38.4 Å². The topological polar surface area (TPSA) is 60.3 Å². The van der Waals surface area contributed by atoms with Crippen molar-refractivity contribution in [1.29, 1.82) is 0 Å². The Morgan fingerprint density at radius 3 is 2.62 bits per heavy atom. The summed E-state index contributed by atoms with van der Waals surface area (Å²) in [5, 5.41) is 11.8. The number of hydrazone groups is 1. The summed E-state index contributed by atoms with van der Waals surface area (Å²) >= 11 is 1.58. The fourth-order valence-corrected chi connectivity index (χ4v) is 4.30. The number of unbranched alkanes of at least 4 members (excludes halogenated alkanes) is 1. The third kappa shape index (κ3) is 3.87. The van der Waals surface area contributed by atoms with Crippen LogP contribution in [0.1, 0.15) is 31.5 Å². The molecule has 1 N–H and O–H groups in total. The lowest BCUT2D eigenvalue weighted by Crippen LogP contribution is -2.50. The van der Waals surface area contributed by atoms with Crippen molar-refractivity contribution in [3.8, 4) is 0 Å². The van der Waals surface area contributed by atoms with Crippen LogP contribution in [0.4, 0.5) is 5.69 Å². The molecule has 0 bridgehead atoms. The molecule has 2 aliphatic heterocycles. The Labute approximate surface area is 175 Å². The predicted octanol–water partition coefficient (Wildman–Crippen LogP) is 2.43. The first-order valence-electron chi connectivity index (χ1n) is 9.85. The number of carbonyl (C=O) groups is 1. The number of amidine groups is 1. The van der Waals surface area contributed by atoms with Crippen molar-refractivity contribution in [2.75, 3.05) is 24.7 Å². The van der Waals surface area contributed by atoms with E-state index in [4.69, 9.17) is 10.1 Å². The largest absolute Gasteiger partial charge is 0.378 e. The summed E-state index contributed by atoms with van der Waals surface area (Å²) in [6.45, 7) is 2.15. The molecule has 2 aromatic carbocycles. The van der Waals surface area contributed by atoms with Gasteiger partial charge in [-0.3, -0.25) is 15.1 Å². The third-order valence-electron chi connectivity index (χ3n) is 4.96. The van der Waals surface area contributed by atoms with E-state index < -0.39 is 0 Å². The van der Waals surface area contributed by atoms with Gasteiger partial charge in [0.15, 0.2) is 11.3 Å². The Balaban J connectivity index is 1.80. The van der Waals surface area contributed by atoms with Crippen LogP contribution in [0.25, 0.3) is 5.70 Å². The average molecular weight is 408 g/mol. The molecule has 2 heterocycles. The van der Waals surface area contributed by atoms with Crippen LogP contribution in [0, 0.1) is 0 Å². The van der Waals surface area contributed by atoms with E-state index in [2.05, 4.69) is 41.4 Å². The van der Waals surface area contributed by atoms with E-state index >= 15 is 0 Å². The van der Waals surface area contributed by atoms with Crippen molar-refractivity contribution in [3.05, 3.63) is 64.7 Å². The molecule has 1 amide bonds. The molecule has 150 valence electrons. The van der Waals surface area contributed by atoms with Crippen molar-refractivity contribution in [2.45, 2.75) is 25.9 Å². The molecule has 4 rings (SSSR count). The monoisotopic (exact) mass is 407 g/mol. The van der Waals surface area contributed by atoms with Gasteiger partial charge in [-0.25, -0.2) is 5.01 Å². The van der Waals surface area contributed by atoms with Crippen LogP contribution >= 0.6 is 11.8 Å². The summed E-state index contributed by atoms with van der Waals surface area (Å²) in [4.78, 5) is 20.0. The van der Waals surface area contributed by atoms with Gasteiger partial charge in [-0.05, 0) is 30.2 Å². The Bertz CT molecular complexity index is 1060. The molecule has 0 aromatic heterocycles. The van der Waals surface area contributed by atoms with Crippen molar-refractivity contribution in [1.82, 2.24) is 10.3 Å². The first-order valence-corrected chi connectivity index (χ1v) is 10.8. The van der Waals surface area contributed by atoms with Gasteiger partial charge in [0.2, 0.25) is 0 Å². The second kappa shape index (κ2) is 8.29. The molecule has 0 radical (unpaired) electrons. The fourth-order valence-electron chi connectivity index (χ4n) is 3.37. The first kappa shape index (κ1) is 19.5. The molecule has 0 saturated heterocycles. The summed E-state index contributed by atoms with van der Waals surface area (Å²) in [5.41, 5.74) is 2.67. The van der Waals surface area contributed by atoms with E-state index in [-0.39, 0.29) is 12.1 Å². The number of rotatable bonds is 5. The highest BCUT2D eigenvalue weighted by molar-refractivity contribution is 8.13. The molecule has 7 heteroatoms. The van der Waals surface area contributed by atoms with E-state index in [0.717, 1.165) is 40.4 Å². The van der Waals surface area contributed by atoms with Crippen molar-refractivity contribution < 1.29 is 4.79 Å². The SMILES string of the molecule is CCCCSC1=NN2C(=c3ccccc3=NC2c2ccc(N(C)C)cc2)C(=O)N1. The lowest BCUT2D eigenvalue weighted by atomic mass is 10.1. The van der Waals surface area contributed by atoms with Gasteiger partial charge in [-0.1, -0.05) is 55.4 Å². The standard InChI is InChI=1S/C22H25N5OS/c1-4-5-14-29-22-24-21(28)19-17-8-6-7-9-18(17)23-20(27(19)25-22)15-10-12-16(13-11-15)26(2)3/h6-13,20H,4-5,14H2,1-3H3,(H,24,25,28). The zero-order valence-corrected chi connectivity index (χ0v) is 17.7. The minimum atomic E-state index is -0.371. The number of carbonyl (C=O) groups excluding carboxylic acids is 1. The molecule has 1 atom stereocenters. The van der Waals surface area contributed by atoms with Crippen molar-refractivity contribution >= 4 is 34.2 Å². The summed E-state index contributed by atoms with van der Waals surface area (Å²) in [5.74, 6) is 0.797. The summed E-state index contributed by atoms with van der Waals surface area (Å²) in [6, 6.07) is 16.0. The minimum absolute atomic E-state index is 0.128. The van der Waals surface area contributed by atoms with E-state index in [0.29, 0.717) is 10.9 Å². The van der Waals surface area contributed by atoms with Crippen LogP contribution in [0.3, 0.4) is 0 Å². The van der Waals surface area contributed by atoms with Gasteiger partial charge in [-0.15, -0.1) is 5.10 Å². The maximum absolute atomic E-state index is 13.0. The molecule has 0 saturated carbocycles. The Hall–Kier alpha value is -2.80. The second-order valence-electron chi connectivity index (χ2n) is 7.26. The molecule has 29 heavy (non-hydrogen) atoms. The van der Waals surface area contributed by atoms with Crippen LogP contribution in [0.15, 0.2) is 58.6 Å². The number of hydrogen-bond donors (Lipinski definition) is 1. The Morgan fingerprint density at radius 2 is 1.90 bits per heavy atom. The lowest BCUT2D eigenvalue weighted by Gasteiger charge is -2.34. The van der Waals surface area contributed by atoms with Gasteiger partial charge in [-0.2, -0.15) is 0 Å². The van der Waals surface area contributed by atoms with E-state index in [1.54, 1.807) is 16.8 Å². The number of amides is 1. The quantitative estimate of drug-likeness (QED) is 0.774. The van der Waals surface area contributed by atoms with Crippen LogP contribution in [0.2, 0.25) is 0 Å². The van der Waals surface area contributed by atoms with Gasteiger partial charge in [0, 0.05) is 30.8 Å². The highest BCUT2D eigenvalue weighted by Crippen LogP contribution is 2.31. The number of nitrogens with zero attached hydrogens (tertiary/aromatic N) is 4. The molecular formula is C22H25N5OS. The molecule has 0 fully saturated rings. The van der Waals surface area contributed by atoms with Crippen LogP contribution in [-0.4, -0.2) is 35.9 Å². The molecule has 2 aromatic rings. The lowest BCUT2D eigenvalue weighted by molar-refractivity contribution is -0.116. The number of hydrogen-bond acceptors (Lipinski definition) is 6. The zero-order chi connectivity index (χ0) is 20.4. The third-order valence-corrected chi connectivity index (χ3v) is 5.91. The maximum atomic E-state index is 13.0. The number of benzene rings is 2. The highest BCUT2D eigenvalue weighted by Gasteiger charge is 2.34. The van der Waals surface area contributed by atoms with Gasteiger partial charge < -0.3 is 4.90 Å². The smallest absolute Gasteiger partial charge is 0.276 e. The van der Waals surface area contributed by atoms with Gasteiger partial charge in [0.1, 0.15) is 5.70 Å². The number of para-hydroxylation sites is 1. The fraction of sp³-hybridized carbons (Fsp3) is 0.318. The van der Waals surface area contributed by atoms with Crippen LogP contribution in [-0.2, 0) is 4.79 Å². The second-order valence-corrected chi connectivity index (χ2v) is 8.34. The van der Waals surface area contributed by atoms with E-state index in [1.165, 1.54) is 0 Å². The molecule has 0 spiro atoms. The first-order chi connectivity index (χ1) is 14.1. The Morgan fingerprint density at radius 1 is 1.14 bits per heavy atom. The Kier molecular flexibility index (Phi) is 5.58. The maximum Gasteiger partial charge on any atom is 0.276 e. The molecule has 0 aliphatic carbocycles. The zero-order valence-electron chi connectivity index (χ0n) is 16.9. The minimum Gasteiger partial charge on any atom is -0.378 e. The van der Waals surface area contributed by atoms with Gasteiger partial charge in [0.05, 0.1) is 5.36 Å². The number of anilines is 1. The summed E-state index contributed by atoms with van der Waals surface area (Å²) < 4.78 is 0. The predicted molar refractivity (Wildman–Crippen MR) is 119 cm³/mol. The van der Waals surface area contributed by atoms with Crippen LogP contribution < -0.4 is 20.8 Å².